The standard InChI is InChI=1S/C57H48O/c1-35-36(2)55(41-30-31-46-49(32-41)57(6,7)51-34-48(38-20-12-9-13-21-38)43-23-15-17-25-45(43)53(46)51)58-54(35)40-28-26-39(27-29-40)52-44-24-16-14-22-42(44)47(33-50(52)56(3,4)5)37-18-10-8-11-19-37/h8-34H,1-7H3. The number of hydrogen-bond donors (Lipinski definition) is 0. The second-order valence-corrected chi connectivity index (χ2v) is 17.7. The highest BCUT2D eigenvalue weighted by Crippen LogP contribution is 2.54. The molecular formula is C57H48O. The number of benzene rings is 8. The fourth-order valence-electron chi connectivity index (χ4n) is 9.65. The summed E-state index contributed by atoms with van der Waals surface area (Å²) in [6, 6.07) is 60.3. The van der Waals surface area contributed by atoms with Gasteiger partial charge < -0.3 is 4.42 Å². The van der Waals surface area contributed by atoms with Gasteiger partial charge in [-0.2, -0.15) is 0 Å². The molecule has 0 amide bonds. The van der Waals surface area contributed by atoms with Crippen molar-refractivity contribution in [3.8, 4) is 67.2 Å². The van der Waals surface area contributed by atoms with Crippen LogP contribution in [0, 0.1) is 13.8 Å². The Kier molecular flexibility index (Phi) is 8.25. The fraction of sp³-hybridized carbons (Fsp3) is 0.158. The maximum absolute atomic E-state index is 6.93. The van der Waals surface area contributed by atoms with Gasteiger partial charge in [-0.15, -0.1) is 0 Å². The number of hydrogen-bond acceptors (Lipinski definition) is 1. The number of furan rings is 1. The summed E-state index contributed by atoms with van der Waals surface area (Å²) in [4.78, 5) is 0. The molecule has 10 rings (SSSR count). The Balaban J connectivity index is 1.05. The highest BCUT2D eigenvalue weighted by atomic mass is 16.3. The quantitative estimate of drug-likeness (QED) is 0.171. The third-order valence-corrected chi connectivity index (χ3v) is 12.8. The molecule has 0 bridgehead atoms. The first-order valence-corrected chi connectivity index (χ1v) is 20.6. The Morgan fingerprint density at radius 3 is 1.43 bits per heavy atom. The first kappa shape index (κ1) is 35.9. The van der Waals surface area contributed by atoms with Crippen molar-refractivity contribution >= 4 is 21.5 Å². The topological polar surface area (TPSA) is 13.1 Å². The summed E-state index contributed by atoms with van der Waals surface area (Å²) in [7, 11) is 0. The lowest BCUT2D eigenvalue weighted by Crippen LogP contribution is -2.15. The van der Waals surface area contributed by atoms with Crippen LogP contribution in [0.1, 0.15) is 62.4 Å². The van der Waals surface area contributed by atoms with Gasteiger partial charge in [0, 0.05) is 16.5 Å². The fourth-order valence-corrected chi connectivity index (χ4v) is 9.65. The Labute approximate surface area is 342 Å². The summed E-state index contributed by atoms with van der Waals surface area (Å²) in [5.74, 6) is 1.87. The van der Waals surface area contributed by atoms with Gasteiger partial charge in [0.2, 0.25) is 0 Å². The van der Waals surface area contributed by atoms with E-state index in [2.05, 4.69) is 212 Å². The smallest absolute Gasteiger partial charge is 0.138 e. The maximum atomic E-state index is 6.93. The van der Waals surface area contributed by atoms with E-state index < -0.39 is 0 Å². The summed E-state index contributed by atoms with van der Waals surface area (Å²) >= 11 is 0. The summed E-state index contributed by atoms with van der Waals surface area (Å²) in [5.41, 5.74) is 18.6. The lowest BCUT2D eigenvalue weighted by atomic mass is 9.77. The van der Waals surface area contributed by atoms with E-state index in [-0.39, 0.29) is 10.8 Å². The zero-order valence-electron chi connectivity index (χ0n) is 34.5. The molecule has 0 unspecified atom stereocenters. The molecule has 0 atom stereocenters. The molecule has 1 aliphatic rings. The lowest BCUT2D eigenvalue weighted by Gasteiger charge is -2.26. The Morgan fingerprint density at radius 2 is 0.862 bits per heavy atom. The highest BCUT2D eigenvalue weighted by molar-refractivity contribution is 6.09. The van der Waals surface area contributed by atoms with Crippen molar-refractivity contribution < 1.29 is 4.42 Å². The predicted molar refractivity (Wildman–Crippen MR) is 247 cm³/mol. The zero-order valence-corrected chi connectivity index (χ0v) is 34.5. The molecule has 9 aromatic rings. The van der Waals surface area contributed by atoms with Gasteiger partial charge >= 0.3 is 0 Å². The van der Waals surface area contributed by atoms with Crippen molar-refractivity contribution in [2.75, 3.05) is 0 Å². The van der Waals surface area contributed by atoms with E-state index in [1.165, 1.54) is 93.9 Å². The molecule has 0 fully saturated rings. The van der Waals surface area contributed by atoms with Gasteiger partial charge in [-0.25, -0.2) is 0 Å². The van der Waals surface area contributed by atoms with Crippen LogP contribution in [0.25, 0.3) is 88.7 Å². The number of fused-ring (bicyclic) bond motifs is 6. The molecule has 0 saturated carbocycles. The minimum atomic E-state index is -0.183. The molecule has 0 spiro atoms. The van der Waals surface area contributed by atoms with Crippen LogP contribution in [0.2, 0.25) is 0 Å². The first-order valence-electron chi connectivity index (χ1n) is 20.6. The normalized spacial score (nSPS) is 13.2. The summed E-state index contributed by atoms with van der Waals surface area (Å²) in [5, 5.41) is 5.15. The van der Waals surface area contributed by atoms with Crippen LogP contribution in [0.15, 0.2) is 168 Å². The van der Waals surface area contributed by atoms with Gasteiger partial charge in [0.25, 0.3) is 0 Å². The zero-order chi connectivity index (χ0) is 39.9. The van der Waals surface area contributed by atoms with Crippen LogP contribution in [0.4, 0.5) is 0 Å². The molecule has 0 N–H and O–H groups in total. The van der Waals surface area contributed by atoms with Crippen LogP contribution >= 0.6 is 0 Å². The van der Waals surface area contributed by atoms with Crippen molar-refractivity contribution in [2.45, 2.75) is 59.3 Å². The van der Waals surface area contributed by atoms with E-state index in [4.69, 9.17) is 4.42 Å². The van der Waals surface area contributed by atoms with Crippen molar-refractivity contribution in [3.63, 3.8) is 0 Å². The van der Waals surface area contributed by atoms with Crippen LogP contribution < -0.4 is 0 Å². The molecule has 0 radical (unpaired) electrons. The summed E-state index contributed by atoms with van der Waals surface area (Å²) in [6.07, 6.45) is 0. The van der Waals surface area contributed by atoms with Gasteiger partial charge in [0.15, 0.2) is 0 Å². The van der Waals surface area contributed by atoms with Crippen molar-refractivity contribution in [1.82, 2.24) is 0 Å². The minimum Gasteiger partial charge on any atom is -0.456 e. The molecule has 0 saturated heterocycles. The van der Waals surface area contributed by atoms with Gasteiger partial charge in [-0.1, -0.05) is 180 Å². The molecule has 0 aliphatic heterocycles. The van der Waals surface area contributed by atoms with E-state index in [0.29, 0.717) is 0 Å². The average molecular weight is 749 g/mol. The Bertz CT molecular complexity index is 3040. The summed E-state index contributed by atoms with van der Waals surface area (Å²) in [6.45, 7) is 16.1. The SMILES string of the molecule is Cc1c(-c2ccc(-c3c(C(C)(C)C)cc(-c4ccccc4)c4ccccc34)cc2)oc(-c2ccc3c(c2)C(C)(C)c2cc(-c4ccccc4)c4ccccc4c2-3)c1C. The lowest BCUT2D eigenvalue weighted by molar-refractivity contribution is 0.592. The van der Waals surface area contributed by atoms with Crippen LogP contribution in [-0.2, 0) is 10.8 Å². The average Bonchev–Trinajstić information content (AvgIpc) is 3.67. The summed E-state index contributed by atoms with van der Waals surface area (Å²) < 4.78 is 6.93. The van der Waals surface area contributed by atoms with E-state index in [1.807, 2.05) is 0 Å². The molecule has 8 aromatic carbocycles. The van der Waals surface area contributed by atoms with E-state index in [9.17, 15) is 0 Å². The molecule has 58 heavy (non-hydrogen) atoms. The van der Waals surface area contributed by atoms with Crippen molar-refractivity contribution in [1.29, 1.82) is 0 Å². The largest absolute Gasteiger partial charge is 0.456 e. The monoisotopic (exact) mass is 748 g/mol. The molecule has 1 aliphatic carbocycles. The number of rotatable bonds is 5. The molecule has 1 heteroatoms. The van der Waals surface area contributed by atoms with Gasteiger partial charge in [-0.05, 0) is 131 Å². The second-order valence-electron chi connectivity index (χ2n) is 17.7. The van der Waals surface area contributed by atoms with E-state index >= 15 is 0 Å². The Hall–Kier alpha value is -6.44. The predicted octanol–water partition coefficient (Wildman–Crippen LogP) is 16.1. The van der Waals surface area contributed by atoms with Crippen molar-refractivity contribution in [2.24, 2.45) is 0 Å². The third-order valence-electron chi connectivity index (χ3n) is 12.8. The molecule has 1 nitrogen and oxygen atoms in total. The second kappa shape index (κ2) is 13.3. The van der Waals surface area contributed by atoms with Crippen LogP contribution in [-0.4, -0.2) is 0 Å². The molecular weight excluding hydrogens is 701 g/mol. The first-order chi connectivity index (χ1) is 28.0. The maximum Gasteiger partial charge on any atom is 0.138 e. The van der Waals surface area contributed by atoms with Gasteiger partial charge in [0.1, 0.15) is 11.5 Å². The van der Waals surface area contributed by atoms with Crippen molar-refractivity contribution in [3.05, 3.63) is 192 Å². The van der Waals surface area contributed by atoms with Gasteiger partial charge in [0.05, 0.1) is 0 Å². The Morgan fingerprint density at radius 1 is 0.397 bits per heavy atom. The van der Waals surface area contributed by atoms with E-state index in [0.717, 1.165) is 22.6 Å². The molecule has 1 heterocycles. The molecule has 1 aromatic heterocycles. The van der Waals surface area contributed by atoms with Gasteiger partial charge in [-0.3, -0.25) is 0 Å². The van der Waals surface area contributed by atoms with Crippen LogP contribution in [0.5, 0.6) is 0 Å². The third kappa shape index (κ3) is 5.59. The minimum absolute atomic E-state index is 0.0613. The van der Waals surface area contributed by atoms with Crippen LogP contribution in [0.3, 0.4) is 0 Å². The highest BCUT2D eigenvalue weighted by Gasteiger charge is 2.38. The van der Waals surface area contributed by atoms with E-state index in [1.54, 1.807) is 0 Å². The molecule has 282 valence electrons.